The molecule has 0 unspecified atom stereocenters. The molecule has 0 aliphatic carbocycles. The quantitative estimate of drug-likeness (QED) is 0.320. The maximum Gasteiger partial charge on any atom is 0.154 e. The van der Waals surface area contributed by atoms with Crippen molar-refractivity contribution in [1.82, 2.24) is 4.98 Å². The van der Waals surface area contributed by atoms with Gasteiger partial charge >= 0.3 is 0 Å². The second kappa shape index (κ2) is 7.08. The number of hydrogen-bond donors (Lipinski definition) is 0. The molecule has 0 radical (unpaired) electrons. The largest absolute Gasteiger partial charge is 0.454 e. The first-order chi connectivity index (χ1) is 12.6. The number of hydrogen-bond acceptors (Lipinski definition) is 4. The smallest absolute Gasteiger partial charge is 0.154 e. The van der Waals surface area contributed by atoms with E-state index in [0.29, 0.717) is 21.4 Å². The number of halogens is 2. The number of thiazole rings is 1. The Morgan fingerprint density at radius 2 is 2.00 bits per heavy atom. The van der Waals surface area contributed by atoms with E-state index in [9.17, 15) is 5.26 Å². The van der Waals surface area contributed by atoms with Crippen LogP contribution in [0.15, 0.2) is 62.8 Å². The SMILES string of the molecule is N#C/C(=C/c1ccc(Cl)cc1)c1nc(-c2cc3cc(Br)ccc3o2)cs1. The van der Waals surface area contributed by atoms with Crippen LogP contribution in [0.3, 0.4) is 0 Å². The summed E-state index contributed by atoms with van der Waals surface area (Å²) in [4.78, 5) is 4.58. The fraction of sp³-hybridized carbons (Fsp3) is 0. The van der Waals surface area contributed by atoms with Crippen LogP contribution in [0.25, 0.3) is 34.1 Å². The Bertz CT molecular complexity index is 1170. The molecule has 0 saturated carbocycles. The zero-order valence-electron chi connectivity index (χ0n) is 13.2. The highest BCUT2D eigenvalue weighted by molar-refractivity contribution is 9.10. The van der Waals surface area contributed by atoms with E-state index < -0.39 is 0 Å². The van der Waals surface area contributed by atoms with Gasteiger partial charge in [0.25, 0.3) is 0 Å². The summed E-state index contributed by atoms with van der Waals surface area (Å²) < 4.78 is 6.87. The monoisotopic (exact) mass is 440 g/mol. The van der Waals surface area contributed by atoms with Crippen molar-refractivity contribution in [2.75, 3.05) is 0 Å². The molecule has 0 amide bonds. The average Bonchev–Trinajstić information content (AvgIpc) is 3.27. The van der Waals surface area contributed by atoms with Gasteiger partial charge in [-0.2, -0.15) is 5.26 Å². The lowest BCUT2D eigenvalue weighted by atomic mass is 10.1. The lowest BCUT2D eigenvalue weighted by Gasteiger charge is -1.96. The topological polar surface area (TPSA) is 49.8 Å². The highest BCUT2D eigenvalue weighted by Crippen LogP contribution is 2.32. The molecule has 0 aliphatic heterocycles. The molecule has 6 heteroatoms. The summed E-state index contributed by atoms with van der Waals surface area (Å²) in [5.74, 6) is 0.685. The van der Waals surface area contributed by atoms with Crippen LogP contribution in [-0.2, 0) is 0 Å². The molecule has 3 nitrogen and oxygen atoms in total. The van der Waals surface area contributed by atoms with Crippen molar-refractivity contribution in [3.63, 3.8) is 0 Å². The Hall–Kier alpha value is -2.39. The van der Waals surface area contributed by atoms with Crippen molar-refractivity contribution < 1.29 is 4.42 Å². The van der Waals surface area contributed by atoms with Gasteiger partial charge in [0.15, 0.2) is 5.76 Å². The van der Waals surface area contributed by atoms with Crippen molar-refractivity contribution in [1.29, 1.82) is 5.26 Å². The summed E-state index contributed by atoms with van der Waals surface area (Å²) in [6.45, 7) is 0. The second-order valence-electron chi connectivity index (χ2n) is 5.55. The third-order valence-corrected chi connectivity index (χ3v) is 5.39. The molecule has 0 spiro atoms. The average molecular weight is 442 g/mol. The van der Waals surface area contributed by atoms with E-state index in [1.807, 2.05) is 41.8 Å². The van der Waals surface area contributed by atoms with Gasteiger partial charge in [0, 0.05) is 20.3 Å². The number of allylic oxidation sites excluding steroid dienone is 1. The maximum absolute atomic E-state index is 9.51. The Kier molecular flexibility index (Phi) is 4.64. The molecule has 0 fully saturated rings. The van der Waals surface area contributed by atoms with E-state index in [2.05, 4.69) is 27.0 Å². The maximum atomic E-state index is 9.51. The lowest BCUT2D eigenvalue weighted by molar-refractivity contribution is 0.629. The zero-order valence-corrected chi connectivity index (χ0v) is 16.4. The number of aromatic nitrogens is 1. The number of nitriles is 1. The van der Waals surface area contributed by atoms with Crippen molar-refractivity contribution >= 4 is 61.5 Å². The summed E-state index contributed by atoms with van der Waals surface area (Å²) in [7, 11) is 0. The molecule has 0 N–H and O–H groups in total. The first-order valence-electron chi connectivity index (χ1n) is 7.65. The standard InChI is InChI=1S/C20H10BrClN2OS/c21-15-3-6-18-13(8-15)9-19(25-18)17-11-26-20(24-17)14(10-23)7-12-1-4-16(22)5-2-12/h1-9,11H/b14-7-. The summed E-state index contributed by atoms with van der Waals surface area (Å²) in [6.07, 6.45) is 1.80. The van der Waals surface area contributed by atoms with Gasteiger partial charge in [0.1, 0.15) is 22.4 Å². The predicted octanol–water partition coefficient (Wildman–Crippen LogP) is 7.04. The Morgan fingerprint density at radius 1 is 1.19 bits per heavy atom. The number of fused-ring (bicyclic) bond motifs is 1. The Balaban J connectivity index is 1.69. The van der Waals surface area contributed by atoms with Gasteiger partial charge < -0.3 is 4.42 Å². The van der Waals surface area contributed by atoms with Gasteiger partial charge in [-0.25, -0.2) is 4.98 Å². The molecule has 0 saturated heterocycles. The molecule has 0 aliphatic rings. The summed E-state index contributed by atoms with van der Waals surface area (Å²) >= 11 is 10.8. The summed E-state index contributed by atoms with van der Waals surface area (Å²) in [5, 5.41) is 13.7. The number of rotatable bonds is 3. The minimum Gasteiger partial charge on any atom is -0.454 e. The fourth-order valence-electron chi connectivity index (χ4n) is 2.52. The fourth-order valence-corrected chi connectivity index (χ4v) is 3.80. The van der Waals surface area contributed by atoms with Crippen LogP contribution in [0.1, 0.15) is 10.6 Å². The van der Waals surface area contributed by atoms with Crippen LogP contribution in [0, 0.1) is 11.3 Å². The van der Waals surface area contributed by atoms with E-state index in [1.54, 1.807) is 18.2 Å². The Morgan fingerprint density at radius 3 is 2.77 bits per heavy atom. The molecule has 26 heavy (non-hydrogen) atoms. The highest BCUT2D eigenvalue weighted by atomic mass is 79.9. The van der Waals surface area contributed by atoms with Gasteiger partial charge in [-0.15, -0.1) is 11.3 Å². The van der Waals surface area contributed by atoms with E-state index in [4.69, 9.17) is 16.0 Å². The molecular formula is C20H10BrClN2OS. The van der Waals surface area contributed by atoms with E-state index >= 15 is 0 Å². The number of furan rings is 1. The molecule has 4 rings (SSSR count). The van der Waals surface area contributed by atoms with Crippen LogP contribution < -0.4 is 0 Å². The minimum atomic E-state index is 0.502. The molecule has 0 bridgehead atoms. The van der Waals surface area contributed by atoms with Crippen LogP contribution >= 0.6 is 38.9 Å². The molecule has 0 atom stereocenters. The number of nitrogens with zero attached hydrogens (tertiary/aromatic N) is 2. The lowest BCUT2D eigenvalue weighted by Crippen LogP contribution is -1.82. The second-order valence-corrected chi connectivity index (χ2v) is 7.76. The first kappa shape index (κ1) is 17.0. The molecule has 2 aromatic heterocycles. The zero-order chi connectivity index (χ0) is 18.1. The molecular weight excluding hydrogens is 432 g/mol. The highest BCUT2D eigenvalue weighted by Gasteiger charge is 2.13. The van der Waals surface area contributed by atoms with Crippen molar-refractivity contribution in [3.8, 4) is 17.5 Å². The van der Waals surface area contributed by atoms with Gasteiger partial charge in [-0.05, 0) is 48.0 Å². The third-order valence-electron chi connectivity index (χ3n) is 3.77. The van der Waals surface area contributed by atoms with Crippen LogP contribution in [0.4, 0.5) is 0 Å². The third kappa shape index (κ3) is 3.45. The van der Waals surface area contributed by atoms with Gasteiger partial charge in [-0.3, -0.25) is 0 Å². The van der Waals surface area contributed by atoms with E-state index in [-0.39, 0.29) is 0 Å². The first-order valence-corrected chi connectivity index (χ1v) is 9.70. The minimum absolute atomic E-state index is 0.502. The van der Waals surface area contributed by atoms with Gasteiger partial charge in [0.2, 0.25) is 0 Å². The molecule has 4 aromatic rings. The Labute approximate surface area is 167 Å². The van der Waals surface area contributed by atoms with Crippen LogP contribution in [-0.4, -0.2) is 4.98 Å². The van der Waals surface area contributed by atoms with Crippen LogP contribution in [0.2, 0.25) is 5.02 Å². The molecule has 2 aromatic carbocycles. The van der Waals surface area contributed by atoms with Gasteiger partial charge in [0.05, 0.1) is 5.57 Å². The van der Waals surface area contributed by atoms with Crippen LogP contribution in [0.5, 0.6) is 0 Å². The van der Waals surface area contributed by atoms with E-state index in [1.165, 1.54) is 11.3 Å². The normalized spacial score (nSPS) is 11.7. The summed E-state index contributed by atoms with van der Waals surface area (Å²) in [6, 6.07) is 17.3. The molecule has 126 valence electrons. The van der Waals surface area contributed by atoms with Crippen molar-refractivity contribution in [3.05, 3.63) is 74.0 Å². The summed E-state index contributed by atoms with van der Waals surface area (Å²) in [5.41, 5.74) is 2.92. The van der Waals surface area contributed by atoms with Crippen molar-refractivity contribution in [2.45, 2.75) is 0 Å². The van der Waals surface area contributed by atoms with Crippen molar-refractivity contribution in [2.24, 2.45) is 0 Å². The van der Waals surface area contributed by atoms with Gasteiger partial charge in [-0.1, -0.05) is 39.7 Å². The number of benzene rings is 2. The van der Waals surface area contributed by atoms with E-state index in [0.717, 1.165) is 26.7 Å². The predicted molar refractivity (Wildman–Crippen MR) is 110 cm³/mol. The molecule has 2 heterocycles.